The number of benzene rings is 1. The maximum atomic E-state index is 11.7. The lowest BCUT2D eigenvalue weighted by atomic mass is 10.0. The number of fused-ring (bicyclic) bond motifs is 1. The van der Waals surface area contributed by atoms with Gasteiger partial charge in [0.1, 0.15) is 5.75 Å². The van der Waals surface area contributed by atoms with E-state index < -0.39 is 0 Å². The maximum Gasteiger partial charge on any atom is 0.251 e. The van der Waals surface area contributed by atoms with Crippen LogP contribution in [0.3, 0.4) is 0 Å². The Bertz CT molecular complexity index is 391. The highest BCUT2D eigenvalue weighted by atomic mass is 16.5. The number of nitrogens with two attached hydrogens (primary N) is 1. The molecule has 0 unspecified atom stereocenters. The molecule has 0 atom stereocenters. The molecule has 0 saturated carbocycles. The van der Waals surface area contributed by atoms with Gasteiger partial charge < -0.3 is 15.8 Å². The van der Waals surface area contributed by atoms with Crippen LogP contribution in [0.25, 0.3) is 0 Å². The SMILES string of the molecule is NCCNC(=O)c1ccc2c(c1)CCCO2. The number of amides is 1. The van der Waals surface area contributed by atoms with Crippen LogP contribution >= 0.6 is 0 Å². The normalized spacial score (nSPS) is 13.8. The van der Waals surface area contributed by atoms with E-state index in [0.717, 1.165) is 30.8 Å². The fraction of sp³-hybridized carbons (Fsp3) is 0.417. The number of hydrogen-bond acceptors (Lipinski definition) is 3. The highest BCUT2D eigenvalue weighted by molar-refractivity contribution is 5.94. The van der Waals surface area contributed by atoms with Crippen LogP contribution < -0.4 is 15.8 Å². The first-order valence-electron chi connectivity index (χ1n) is 5.55. The number of aryl methyl sites for hydroxylation is 1. The van der Waals surface area contributed by atoms with Gasteiger partial charge >= 0.3 is 0 Å². The minimum absolute atomic E-state index is 0.0705. The molecule has 3 N–H and O–H groups in total. The van der Waals surface area contributed by atoms with Gasteiger partial charge in [-0.05, 0) is 36.6 Å². The average molecular weight is 220 g/mol. The molecule has 1 aliphatic heterocycles. The van der Waals surface area contributed by atoms with Crippen molar-refractivity contribution in [2.45, 2.75) is 12.8 Å². The molecule has 2 rings (SSSR count). The standard InChI is InChI=1S/C12H16N2O2/c13-5-6-14-12(15)10-3-4-11-9(8-10)2-1-7-16-11/h3-4,8H,1-2,5-7,13H2,(H,14,15). The Morgan fingerprint density at radius 1 is 1.50 bits per heavy atom. The first-order valence-corrected chi connectivity index (χ1v) is 5.55. The molecule has 0 radical (unpaired) electrons. The molecule has 0 fully saturated rings. The van der Waals surface area contributed by atoms with E-state index >= 15 is 0 Å². The van der Waals surface area contributed by atoms with Crippen molar-refractivity contribution < 1.29 is 9.53 Å². The molecular weight excluding hydrogens is 204 g/mol. The van der Waals surface area contributed by atoms with Gasteiger partial charge in [-0.25, -0.2) is 0 Å². The third-order valence-electron chi connectivity index (χ3n) is 2.60. The summed E-state index contributed by atoms with van der Waals surface area (Å²) in [5, 5.41) is 2.75. The van der Waals surface area contributed by atoms with Gasteiger partial charge in [-0.2, -0.15) is 0 Å². The zero-order valence-corrected chi connectivity index (χ0v) is 9.16. The summed E-state index contributed by atoms with van der Waals surface area (Å²) in [4.78, 5) is 11.7. The van der Waals surface area contributed by atoms with E-state index in [9.17, 15) is 4.79 Å². The Kier molecular flexibility index (Phi) is 3.41. The number of rotatable bonds is 3. The lowest BCUT2D eigenvalue weighted by molar-refractivity contribution is 0.0954. The zero-order valence-electron chi connectivity index (χ0n) is 9.16. The molecule has 0 saturated heterocycles. The van der Waals surface area contributed by atoms with Crippen molar-refractivity contribution in [1.29, 1.82) is 0 Å². The highest BCUT2D eigenvalue weighted by Gasteiger charge is 2.13. The van der Waals surface area contributed by atoms with Crippen LogP contribution in [0.15, 0.2) is 18.2 Å². The summed E-state index contributed by atoms with van der Waals surface area (Å²) in [5.41, 5.74) is 7.13. The molecule has 16 heavy (non-hydrogen) atoms. The molecule has 1 aromatic carbocycles. The predicted molar refractivity (Wildman–Crippen MR) is 61.6 cm³/mol. The molecule has 1 amide bonds. The number of hydrogen-bond donors (Lipinski definition) is 2. The van der Waals surface area contributed by atoms with Crippen LogP contribution in [0.2, 0.25) is 0 Å². The van der Waals surface area contributed by atoms with Crippen molar-refractivity contribution in [1.82, 2.24) is 5.32 Å². The van der Waals surface area contributed by atoms with Gasteiger partial charge in [0.2, 0.25) is 0 Å². The van der Waals surface area contributed by atoms with Crippen LogP contribution in [0, 0.1) is 0 Å². The quantitative estimate of drug-likeness (QED) is 0.788. The summed E-state index contributed by atoms with van der Waals surface area (Å²) < 4.78 is 5.49. The third-order valence-corrected chi connectivity index (χ3v) is 2.60. The maximum absolute atomic E-state index is 11.7. The number of carbonyl (C=O) groups is 1. The Hall–Kier alpha value is -1.55. The fourth-order valence-electron chi connectivity index (χ4n) is 1.79. The highest BCUT2D eigenvalue weighted by Crippen LogP contribution is 2.25. The molecule has 0 aliphatic carbocycles. The van der Waals surface area contributed by atoms with Crippen LogP contribution in [-0.2, 0) is 6.42 Å². The zero-order chi connectivity index (χ0) is 11.4. The molecule has 4 nitrogen and oxygen atoms in total. The lowest BCUT2D eigenvalue weighted by Crippen LogP contribution is -2.29. The summed E-state index contributed by atoms with van der Waals surface area (Å²) in [6.07, 6.45) is 1.99. The van der Waals surface area contributed by atoms with E-state index in [1.165, 1.54) is 0 Å². The first-order chi connectivity index (χ1) is 7.81. The van der Waals surface area contributed by atoms with E-state index in [0.29, 0.717) is 18.7 Å². The molecule has 86 valence electrons. The smallest absolute Gasteiger partial charge is 0.251 e. The van der Waals surface area contributed by atoms with Gasteiger partial charge in [0.25, 0.3) is 5.91 Å². The molecule has 0 aromatic heterocycles. The van der Waals surface area contributed by atoms with E-state index in [2.05, 4.69) is 5.32 Å². The predicted octanol–water partition coefficient (Wildman–Crippen LogP) is 0.700. The van der Waals surface area contributed by atoms with Crippen molar-refractivity contribution in [2.24, 2.45) is 5.73 Å². The van der Waals surface area contributed by atoms with Crippen LogP contribution in [0.5, 0.6) is 5.75 Å². The number of ether oxygens (including phenoxy) is 1. The largest absolute Gasteiger partial charge is 0.493 e. The number of carbonyl (C=O) groups excluding carboxylic acids is 1. The van der Waals surface area contributed by atoms with E-state index in [1.807, 2.05) is 12.1 Å². The third kappa shape index (κ3) is 2.33. The van der Waals surface area contributed by atoms with Crippen molar-refractivity contribution in [2.75, 3.05) is 19.7 Å². The van der Waals surface area contributed by atoms with E-state index in [4.69, 9.17) is 10.5 Å². The van der Waals surface area contributed by atoms with Gasteiger partial charge in [-0.15, -0.1) is 0 Å². The first kappa shape index (κ1) is 11.0. The van der Waals surface area contributed by atoms with Crippen molar-refractivity contribution >= 4 is 5.91 Å². The van der Waals surface area contributed by atoms with E-state index in [1.54, 1.807) is 6.07 Å². The van der Waals surface area contributed by atoms with Crippen molar-refractivity contribution in [3.63, 3.8) is 0 Å². The van der Waals surface area contributed by atoms with Crippen molar-refractivity contribution in [3.05, 3.63) is 29.3 Å². The van der Waals surface area contributed by atoms with Crippen LogP contribution in [0.1, 0.15) is 22.3 Å². The Labute approximate surface area is 94.8 Å². The Morgan fingerprint density at radius 2 is 2.38 bits per heavy atom. The monoisotopic (exact) mass is 220 g/mol. The summed E-state index contributed by atoms with van der Waals surface area (Å²) in [5.74, 6) is 0.834. The second-order valence-electron chi connectivity index (χ2n) is 3.82. The summed E-state index contributed by atoms with van der Waals surface area (Å²) >= 11 is 0. The minimum atomic E-state index is -0.0705. The summed E-state index contributed by atoms with van der Waals surface area (Å²) in [6.45, 7) is 1.73. The fourth-order valence-corrected chi connectivity index (χ4v) is 1.79. The number of nitrogens with one attached hydrogen (secondary N) is 1. The molecule has 0 bridgehead atoms. The van der Waals surface area contributed by atoms with Gasteiger partial charge in [-0.1, -0.05) is 0 Å². The average Bonchev–Trinajstić information content (AvgIpc) is 2.35. The Morgan fingerprint density at radius 3 is 3.19 bits per heavy atom. The topological polar surface area (TPSA) is 64.3 Å². The van der Waals surface area contributed by atoms with E-state index in [-0.39, 0.29) is 5.91 Å². The van der Waals surface area contributed by atoms with Crippen LogP contribution in [0.4, 0.5) is 0 Å². The summed E-state index contributed by atoms with van der Waals surface area (Å²) in [6, 6.07) is 5.56. The molecule has 1 heterocycles. The Balaban J connectivity index is 2.13. The lowest BCUT2D eigenvalue weighted by Gasteiger charge is -2.17. The van der Waals surface area contributed by atoms with Crippen LogP contribution in [-0.4, -0.2) is 25.6 Å². The van der Waals surface area contributed by atoms with Gasteiger partial charge in [-0.3, -0.25) is 4.79 Å². The molecule has 1 aromatic rings. The van der Waals surface area contributed by atoms with Crippen molar-refractivity contribution in [3.8, 4) is 5.75 Å². The minimum Gasteiger partial charge on any atom is -0.493 e. The molecule has 4 heteroatoms. The summed E-state index contributed by atoms with van der Waals surface area (Å²) in [7, 11) is 0. The molecular formula is C12H16N2O2. The van der Waals surface area contributed by atoms with Gasteiger partial charge in [0, 0.05) is 18.7 Å². The second kappa shape index (κ2) is 4.99. The molecule has 0 spiro atoms. The second-order valence-corrected chi connectivity index (χ2v) is 3.82. The van der Waals surface area contributed by atoms with Gasteiger partial charge in [0.05, 0.1) is 6.61 Å². The van der Waals surface area contributed by atoms with Gasteiger partial charge in [0.15, 0.2) is 0 Å². The molecule has 1 aliphatic rings.